The molecule has 3 saturated heterocycles. The van der Waals surface area contributed by atoms with Gasteiger partial charge in [0.15, 0.2) is 12.1 Å². The van der Waals surface area contributed by atoms with E-state index in [-0.39, 0.29) is 38.1 Å². The highest BCUT2D eigenvalue weighted by Crippen LogP contribution is 2.29. The Kier molecular flexibility index (Phi) is 25.7. The fraction of sp³-hybridized carbons (Fsp3) is 0.623. The van der Waals surface area contributed by atoms with Gasteiger partial charge in [0.25, 0.3) is 5.91 Å². The average Bonchev–Trinajstić information content (AvgIpc) is 1.85. The average molecular weight is 1260 g/mol. The van der Waals surface area contributed by atoms with Crippen LogP contribution in [0.25, 0.3) is 11.1 Å². The van der Waals surface area contributed by atoms with Gasteiger partial charge in [-0.05, 0) is 92.0 Å². The number of amides is 8. The quantitative estimate of drug-likeness (QED) is 0.141. The Morgan fingerprint density at radius 2 is 1.19 bits per heavy atom. The molecular weight excluding hydrogens is 1160 g/mol. The smallest absolute Gasteiger partial charge is 0.332 e. The highest BCUT2D eigenvalue weighted by atomic mass is 16.6. The number of pyridine rings is 1. The SMILES string of the molecule is CC[C@H](C)[C@@H]1NC(=O)[C@@H]2CCCN2C(=O)[C@H](Cc2cccc(-c3ccc(N4CCOCC4)nc3)c2)N(C)C(=O)[C@H](Cc2ccccc2)NC(=O)C(C(C)C)N(C)C(=O)[C@@H]([C@@H](C)CC)OC(=O)[C@H](C(C)(C)O)N(C)C(=O)[C@H](CC(C)C)NC(=O)C(C(C)C)N(C)C1=O. The summed E-state index contributed by atoms with van der Waals surface area (Å²) >= 11 is 0. The van der Waals surface area contributed by atoms with E-state index in [0.717, 1.165) is 21.8 Å². The van der Waals surface area contributed by atoms with Gasteiger partial charge in [-0.1, -0.05) is 130 Å². The predicted molar refractivity (Wildman–Crippen MR) is 348 cm³/mol. The fourth-order valence-electron chi connectivity index (χ4n) is 12.8. The van der Waals surface area contributed by atoms with Crippen molar-refractivity contribution in [3.05, 3.63) is 84.1 Å². The molecule has 4 heterocycles. The zero-order chi connectivity index (χ0) is 67.3. The van der Waals surface area contributed by atoms with Crippen molar-refractivity contribution >= 4 is 59.0 Å². The summed E-state index contributed by atoms with van der Waals surface area (Å²) in [6.07, 6.45) is 1.66. The number of ether oxygens (including phenoxy) is 2. The summed E-state index contributed by atoms with van der Waals surface area (Å²) in [5.74, 6) is -8.08. The lowest BCUT2D eigenvalue weighted by molar-refractivity contribution is -0.177. The molecule has 8 amide bonds. The van der Waals surface area contributed by atoms with Crippen LogP contribution in [0.1, 0.15) is 126 Å². The van der Waals surface area contributed by atoms with Gasteiger partial charge < -0.3 is 59.9 Å². The topological polar surface area (TPSA) is 261 Å². The summed E-state index contributed by atoms with van der Waals surface area (Å²) in [4.78, 5) is 150. The van der Waals surface area contributed by atoms with Crippen LogP contribution in [-0.2, 0) is 65.5 Å². The first-order valence-electron chi connectivity index (χ1n) is 32.5. The number of esters is 1. The fourth-order valence-corrected chi connectivity index (χ4v) is 12.8. The lowest BCUT2D eigenvalue weighted by atomic mass is 9.93. The van der Waals surface area contributed by atoms with Crippen molar-refractivity contribution < 1.29 is 57.7 Å². The number of nitrogens with zero attached hydrogens (tertiary/aromatic N) is 7. The Labute approximate surface area is 538 Å². The second-order valence-electron chi connectivity index (χ2n) is 26.9. The Balaban J connectivity index is 1.51. The van der Waals surface area contributed by atoms with Crippen molar-refractivity contribution in [2.24, 2.45) is 29.6 Å². The van der Waals surface area contributed by atoms with Gasteiger partial charge in [0.05, 0.1) is 18.8 Å². The van der Waals surface area contributed by atoms with Crippen molar-refractivity contribution in [2.45, 2.75) is 188 Å². The minimum Gasteiger partial charge on any atom is -0.450 e. The van der Waals surface area contributed by atoms with E-state index in [1.807, 2.05) is 82.3 Å². The number of morpholine rings is 1. The molecule has 4 N–H and O–H groups in total. The molecule has 91 heavy (non-hydrogen) atoms. The first kappa shape index (κ1) is 72.6. The zero-order valence-corrected chi connectivity index (χ0v) is 56.6. The molecule has 0 bridgehead atoms. The minimum absolute atomic E-state index is 0.0300. The number of hydrogen-bond donors (Lipinski definition) is 4. The van der Waals surface area contributed by atoms with Gasteiger partial charge in [0.1, 0.15) is 48.1 Å². The predicted octanol–water partition coefficient (Wildman–Crippen LogP) is 5.27. The first-order valence-corrected chi connectivity index (χ1v) is 32.5. The van der Waals surface area contributed by atoms with Gasteiger partial charge in [-0.15, -0.1) is 0 Å². The molecule has 3 aliphatic heterocycles. The third-order valence-electron chi connectivity index (χ3n) is 18.3. The van der Waals surface area contributed by atoms with E-state index in [0.29, 0.717) is 56.7 Å². The van der Waals surface area contributed by atoms with Crippen molar-refractivity contribution in [1.82, 2.24) is 45.4 Å². The van der Waals surface area contributed by atoms with Crippen LogP contribution in [0.5, 0.6) is 0 Å². The summed E-state index contributed by atoms with van der Waals surface area (Å²) in [5.41, 5.74) is 0.988. The van der Waals surface area contributed by atoms with E-state index >= 15 is 28.8 Å². The van der Waals surface area contributed by atoms with Crippen LogP contribution < -0.4 is 20.9 Å². The molecule has 22 heteroatoms. The molecule has 3 aromatic rings. The maximum atomic E-state index is 15.8. The normalized spacial score (nSPS) is 25.6. The molecular formula is C69H102N10O12. The number of carbonyl (C=O) groups excluding carboxylic acids is 9. The lowest BCUT2D eigenvalue weighted by Crippen LogP contribution is -2.63. The third-order valence-corrected chi connectivity index (χ3v) is 18.3. The summed E-state index contributed by atoms with van der Waals surface area (Å²) in [5, 5.41) is 20.7. The van der Waals surface area contributed by atoms with Gasteiger partial charge in [-0.25, -0.2) is 9.78 Å². The maximum absolute atomic E-state index is 15.8. The lowest BCUT2D eigenvalue weighted by Gasteiger charge is -2.39. The molecule has 0 saturated carbocycles. The number of cyclic esters (lactones) is 1. The van der Waals surface area contributed by atoms with Gasteiger partial charge in [-0.3, -0.25) is 38.4 Å². The Bertz CT molecular complexity index is 3000. The van der Waals surface area contributed by atoms with Gasteiger partial charge in [0, 0.05) is 78.3 Å². The van der Waals surface area contributed by atoms with Crippen LogP contribution >= 0.6 is 0 Å². The van der Waals surface area contributed by atoms with Crippen LogP contribution in [0.3, 0.4) is 0 Å². The van der Waals surface area contributed by atoms with Gasteiger partial charge in [-0.2, -0.15) is 0 Å². The van der Waals surface area contributed by atoms with Crippen LogP contribution in [0.4, 0.5) is 5.82 Å². The molecule has 11 atom stereocenters. The Morgan fingerprint density at radius 3 is 1.75 bits per heavy atom. The minimum atomic E-state index is -1.99. The van der Waals surface area contributed by atoms with E-state index in [4.69, 9.17) is 14.5 Å². The largest absolute Gasteiger partial charge is 0.450 e. The Morgan fingerprint density at radius 1 is 0.604 bits per heavy atom. The van der Waals surface area contributed by atoms with Crippen LogP contribution in [-0.4, -0.2) is 209 Å². The van der Waals surface area contributed by atoms with Crippen molar-refractivity contribution in [2.75, 3.05) is 65.9 Å². The molecule has 2 aromatic carbocycles. The van der Waals surface area contributed by atoms with E-state index in [1.165, 1.54) is 61.6 Å². The number of aliphatic hydroxyl groups is 1. The highest BCUT2D eigenvalue weighted by molar-refractivity contribution is 5.99. The van der Waals surface area contributed by atoms with Crippen molar-refractivity contribution in [3.63, 3.8) is 0 Å². The number of benzene rings is 2. The Hall–Kier alpha value is -7.46. The molecule has 0 spiro atoms. The van der Waals surface area contributed by atoms with Crippen molar-refractivity contribution in [3.8, 4) is 11.1 Å². The number of rotatable bonds is 15. The zero-order valence-electron chi connectivity index (χ0n) is 56.6. The molecule has 6 rings (SSSR count). The van der Waals surface area contributed by atoms with Gasteiger partial charge >= 0.3 is 5.97 Å². The van der Waals surface area contributed by atoms with Crippen LogP contribution in [0.2, 0.25) is 0 Å². The highest BCUT2D eigenvalue weighted by Gasteiger charge is 2.48. The van der Waals surface area contributed by atoms with E-state index in [2.05, 4.69) is 20.9 Å². The molecule has 2 unspecified atom stereocenters. The number of carbonyl (C=O) groups is 9. The summed E-state index contributed by atoms with van der Waals surface area (Å²) in [6.45, 7) is 23.3. The molecule has 500 valence electrons. The summed E-state index contributed by atoms with van der Waals surface area (Å²) in [7, 11) is 5.69. The first-order chi connectivity index (χ1) is 42.9. The maximum Gasteiger partial charge on any atom is 0.332 e. The molecule has 22 nitrogen and oxygen atoms in total. The van der Waals surface area contributed by atoms with Crippen LogP contribution in [0, 0.1) is 29.6 Å². The molecule has 0 aliphatic carbocycles. The standard InChI is InChI=1S/C69H102N10O12/c1-17-44(9)55-66(86)75(14)56(42(5)6)61(81)71-50(36-41(3)4)64(84)77(16)59(69(11,12)89)68(88)91-58(45(10)18-2)67(87)76(15)57(43(7)8)62(82)72-51(38-46-24-20-19-21-25-46)63(83)74(13)53(65(85)79-31-23-28-52(79)60(80)73-55)39-47-26-22-27-48(37-47)49-29-30-54(70-40-49)78-32-34-90-35-33-78/h19-22,24-27,29-30,37,40-45,50-53,55-59,89H,17-18,23,28,31-36,38-39H2,1-16H3,(H,71,81)(H,72,82)(H,73,80)/t44-,45-,50-,51-,52-,53-,55-,56?,57?,58+,59+/m0/s1. The summed E-state index contributed by atoms with van der Waals surface area (Å²) < 4.78 is 11.7. The summed E-state index contributed by atoms with van der Waals surface area (Å²) in [6, 6.07) is 10.2. The molecule has 3 fully saturated rings. The second-order valence-corrected chi connectivity index (χ2v) is 26.9. The number of likely N-dealkylation sites (N-methyl/N-ethyl adjacent to an activating group) is 4. The molecule has 0 radical (unpaired) electrons. The van der Waals surface area contributed by atoms with Crippen molar-refractivity contribution in [1.29, 1.82) is 0 Å². The number of nitrogens with one attached hydrogen (secondary N) is 3. The molecule has 1 aromatic heterocycles. The van der Waals surface area contributed by atoms with Crippen LogP contribution in [0.15, 0.2) is 72.9 Å². The number of fused-ring (bicyclic) bond motifs is 1. The number of anilines is 1. The number of hydrogen-bond acceptors (Lipinski definition) is 14. The number of aromatic nitrogens is 1. The van der Waals surface area contributed by atoms with E-state index in [1.54, 1.807) is 59.9 Å². The monoisotopic (exact) mass is 1260 g/mol. The third kappa shape index (κ3) is 18.0. The molecule has 3 aliphatic rings. The van der Waals surface area contributed by atoms with E-state index in [9.17, 15) is 19.5 Å². The van der Waals surface area contributed by atoms with Gasteiger partial charge in [0.2, 0.25) is 41.4 Å². The van der Waals surface area contributed by atoms with E-state index < -0.39 is 137 Å². The second kappa shape index (κ2) is 32.2.